The molecule has 0 saturated carbocycles. The molecule has 0 radical (unpaired) electrons. The zero-order chi connectivity index (χ0) is 13.3. The number of rotatable bonds is 9. The molecule has 0 saturated heterocycles. The topological polar surface area (TPSA) is 49.3 Å². The van der Waals surface area contributed by atoms with Gasteiger partial charge in [0.05, 0.1) is 11.4 Å². The first-order chi connectivity index (χ1) is 7.97. The van der Waals surface area contributed by atoms with Crippen molar-refractivity contribution >= 4 is 17.7 Å². The Bertz CT molecular complexity index is 210. The minimum absolute atomic E-state index is 0.0206. The number of nitrogens with one attached hydrogen (secondary N) is 1. The number of amides is 1. The van der Waals surface area contributed by atoms with Gasteiger partial charge in [-0.1, -0.05) is 27.2 Å². The van der Waals surface area contributed by atoms with Crippen molar-refractivity contribution in [3.8, 4) is 0 Å². The number of hydrogen-bond acceptors (Lipinski definition) is 3. The number of aliphatic hydroxyl groups excluding tert-OH is 1. The maximum absolute atomic E-state index is 11.7. The van der Waals surface area contributed by atoms with Crippen LogP contribution in [0.25, 0.3) is 0 Å². The molecule has 3 nitrogen and oxygen atoms in total. The summed E-state index contributed by atoms with van der Waals surface area (Å²) in [6.45, 7) is 8.57. The molecule has 0 aromatic heterocycles. The van der Waals surface area contributed by atoms with E-state index in [2.05, 4.69) is 26.1 Å². The van der Waals surface area contributed by atoms with Gasteiger partial charge in [0.1, 0.15) is 0 Å². The van der Waals surface area contributed by atoms with E-state index in [9.17, 15) is 9.90 Å². The largest absolute Gasteiger partial charge is 0.391 e. The van der Waals surface area contributed by atoms with Gasteiger partial charge in [0.2, 0.25) is 5.91 Å². The van der Waals surface area contributed by atoms with E-state index < -0.39 is 6.10 Å². The highest BCUT2D eigenvalue weighted by Gasteiger charge is 2.14. The van der Waals surface area contributed by atoms with E-state index in [1.54, 1.807) is 11.8 Å². The Morgan fingerprint density at radius 1 is 1.35 bits per heavy atom. The molecule has 0 heterocycles. The molecular weight excluding hydrogens is 234 g/mol. The zero-order valence-corrected chi connectivity index (χ0v) is 12.3. The van der Waals surface area contributed by atoms with Crippen molar-refractivity contribution in [3.63, 3.8) is 0 Å². The highest BCUT2D eigenvalue weighted by atomic mass is 32.2. The van der Waals surface area contributed by atoms with Gasteiger partial charge in [-0.2, -0.15) is 0 Å². The Kier molecular flexibility index (Phi) is 9.65. The van der Waals surface area contributed by atoms with Crippen LogP contribution in [0.4, 0.5) is 0 Å². The van der Waals surface area contributed by atoms with Crippen LogP contribution in [0.1, 0.15) is 47.0 Å². The van der Waals surface area contributed by atoms with Crippen LogP contribution in [0.2, 0.25) is 0 Å². The predicted octanol–water partition coefficient (Wildman–Crippen LogP) is 2.43. The van der Waals surface area contributed by atoms with Gasteiger partial charge in [0.25, 0.3) is 0 Å². The van der Waals surface area contributed by atoms with Crippen molar-refractivity contribution in [1.82, 2.24) is 5.32 Å². The van der Waals surface area contributed by atoms with Crippen LogP contribution in [-0.2, 0) is 4.79 Å². The average molecular weight is 261 g/mol. The molecule has 0 aliphatic rings. The van der Waals surface area contributed by atoms with Crippen LogP contribution in [0.5, 0.6) is 0 Å². The average Bonchev–Trinajstić information content (AvgIpc) is 2.25. The van der Waals surface area contributed by atoms with Crippen molar-refractivity contribution < 1.29 is 9.90 Å². The summed E-state index contributed by atoms with van der Waals surface area (Å²) in [4.78, 5) is 11.7. The Morgan fingerprint density at radius 2 is 2.00 bits per heavy atom. The highest BCUT2D eigenvalue weighted by Crippen LogP contribution is 2.12. The fourth-order valence-corrected chi connectivity index (χ4v) is 2.51. The fraction of sp³-hybridized carbons (Fsp3) is 0.923. The van der Waals surface area contributed by atoms with Gasteiger partial charge >= 0.3 is 0 Å². The fourth-order valence-electron chi connectivity index (χ4n) is 1.47. The summed E-state index contributed by atoms with van der Waals surface area (Å²) in [6.07, 6.45) is 2.62. The summed E-state index contributed by atoms with van der Waals surface area (Å²) in [6, 6.07) is 0. The number of hydrogen-bond donors (Lipinski definition) is 2. The maximum atomic E-state index is 11.7. The predicted molar refractivity (Wildman–Crippen MR) is 75.3 cm³/mol. The normalized spacial score (nSPS) is 14.7. The third-order valence-corrected chi connectivity index (χ3v) is 3.73. The third-order valence-electron chi connectivity index (χ3n) is 2.49. The molecule has 2 N–H and O–H groups in total. The molecule has 0 aromatic rings. The van der Waals surface area contributed by atoms with Crippen molar-refractivity contribution in [1.29, 1.82) is 0 Å². The lowest BCUT2D eigenvalue weighted by atomic mass is 10.1. The van der Waals surface area contributed by atoms with Crippen LogP contribution in [-0.4, -0.2) is 34.7 Å². The standard InChI is InChI=1S/C13H27NO2S/c1-5-6-7-17-11(4)13(16)14-9-12(15)8-10(2)3/h10-12,15H,5-9H2,1-4H3,(H,14,16)/t11-,12+/m0/s1. The molecule has 0 aliphatic heterocycles. The SMILES string of the molecule is CCCCS[C@@H](C)C(=O)NC[C@H](O)CC(C)C. The van der Waals surface area contributed by atoms with Gasteiger partial charge in [-0.15, -0.1) is 11.8 Å². The quantitative estimate of drug-likeness (QED) is 0.627. The lowest BCUT2D eigenvalue weighted by molar-refractivity contribution is -0.120. The molecule has 17 heavy (non-hydrogen) atoms. The van der Waals surface area contributed by atoms with Crippen molar-refractivity contribution in [2.75, 3.05) is 12.3 Å². The molecule has 0 aliphatic carbocycles. The molecule has 4 heteroatoms. The van der Waals surface area contributed by atoms with Gasteiger partial charge in [-0.3, -0.25) is 4.79 Å². The van der Waals surface area contributed by atoms with Crippen LogP contribution in [0.3, 0.4) is 0 Å². The van der Waals surface area contributed by atoms with Crippen molar-refractivity contribution in [2.45, 2.75) is 58.3 Å². The monoisotopic (exact) mass is 261 g/mol. The molecular formula is C13H27NO2S. The molecule has 1 amide bonds. The Morgan fingerprint density at radius 3 is 2.53 bits per heavy atom. The van der Waals surface area contributed by atoms with Gasteiger partial charge in [-0.25, -0.2) is 0 Å². The number of unbranched alkanes of at least 4 members (excludes halogenated alkanes) is 1. The molecule has 0 rings (SSSR count). The summed E-state index contributed by atoms with van der Waals surface area (Å²) in [7, 11) is 0. The minimum Gasteiger partial charge on any atom is -0.391 e. The Labute approximate surface area is 110 Å². The van der Waals surface area contributed by atoms with E-state index in [4.69, 9.17) is 0 Å². The van der Waals surface area contributed by atoms with E-state index in [1.165, 1.54) is 0 Å². The molecule has 0 bridgehead atoms. The van der Waals surface area contributed by atoms with Crippen LogP contribution >= 0.6 is 11.8 Å². The van der Waals surface area contributed by atoms with Gasteiger partial charge in [0, 0.05) is 6.54 Å². The van der Waals surface area contributed by atoms with Crippen molar-refractivity contribution in [3.05, 3.63) is 0 Å². The van der Waals surface area contributed by atoms with Crippen LogP contribution < -0.4 is 5.32 Å². The lowest BCUT2D eigenvalue weighted by Gasteiger charge is -2.16. The Hall–Kier alpha value is -0.220. The zero-order valence-electron chi connectivity index (χ0n) is 11.5. The second kappa shape index (κ2) is 9.77. The number of carbonyl (C=O) groups is 1. The summed E-state index contributed by atoms with van der Waals surface area (Å²) >= 11 is 1.68. The van der Waals surface area contributed by atoms with E-state index in [1.807, 2.05) is 6.92 Å². The summed E-state index contributed by atoms with van der Waals surface area (Å²) in [5.41, 5.74) is 0. The first-order valence-corrected chi connectivity index (χ1v) is 7.59. The van der Waals surface area contributed by atoms with E-state index in [0.717, 1.165) is 25.0 Å². The number of aliphatic hydroxyl groups is 1. The smallest absolute Gasteiger partial charge is 0.232 e. The molecule has 0 spiro atoms. The second-order valence-electron chi connectivity index (χ2n) is 4.90. The summed E-state index contributed by atoms with van der Waals surface area (Å²) in [5, 5.41) is 12.4. The van der Waals surface area contributed by atoms with Crippen LogP contribution in [0, 0.1) is 5.92 Å². The van der Waals surface area contributed by atoms with Crippen LogP contribution in [0.15, 0.2) is 0 Å². The summed E-state index contributed by atoms with van der Waals surface area (Å²) < 4.78 is 0. The molecule has 102 valence electrons. The third kappa shape index (κ3) is 9.48. The first-order valence-electron chi connectivity index (χ1n) is 6.54. The maximum Gasteiger partial charge on any atom is 0.232 e. The minimum atomic E-state index is -0.424. The van der Waals surface area contributed by atoms with Gasteiger partial charge in [-0.05, 0) is 31.4 Å². The highest BCUT2D eigenvalue weighted by molar-refractivity contribution is 8.00. The van der Waals surface area contributed by atoms with E-state index in [-0.39, 0.29) is 11.2 Å². The van der Waals surface area contributed by atoms with E-state index >= 15 is 0 Å². The number of thioether (sulfide) groups is 1. The first kappa shape index (κ1) is 16.8. The van der Waals surface area contributed by atoms with Gasteiger partial charge in [0.15, 0.2) is 0 Å². The molecule has 2 atom stereocenters. The molecule has 0 aromatic carbocycles. The molecule has 0 fully saturated rings. The van der Waals surface area contributed by atoms with E-state index in [0.29, 0.717) is 12.5 Å². The Balaban J connectivity index is 3.69. The summed E-state index contributed by atoms with van der Waals surface area (Å²) in [5.74, 6) is 1.52. The molecule has 0 unspecified atom stereocenters. The van der Waals surface area contributed by atoms with Crippen molar-refractivity contribution in [2.24, 2.45) is 5.92 Å². The number of carbonyl (C=O) groups excluding carboxylic acids is 1. The van der Waals surface area contributed by atoms with Gasteiger partial charge < -0.3 is 10.4 Å². The second-order valence-corrected chi connectivity index (χ2v) is 6.34. The lowest BCUT2D eigenvalue weighted by Crippen LogP contribution is -2.37.